The van der Waals surface area contributed by atoms with Gasteiger partial charge in [-0.2, -0.15) is 0 Å². The van der Waals surface area contributed by atoms with Crippen molar-refractivity contribution in [1.82, 2.24) is 20.1 Å². The van der Waals surface area contributed by atoms with Crippen LogP contribution in [0.3, 0.4) is 0 Å². The Kier molecular flexibility index (Phi) is 2.06. The summed E-state index contributed by atoms with van der Waals surface area (Å²) in [4.78, 5) is 13.3. The Hall–Kier alpha value is -1.53. The zero-order valence-electron chi connectivity index (χ0n) is 11.9. The molecule has 3 N–H and O–H groups in total. The van der Waals surface area contributed by atoms with Crippen LogP contribution in [0.1, 0.15) is 32.0 Å². The highest BCUT2D eigenvalue weighted by molar-refractivity contribution is 5.78. The summed E-state index contributed by atoms with van der Waals surface area (Å²) < 4.78 is 2.25. The number of nitrogens with zero attached hydrogens (tertiary/aromatic N) is 2. The quantitative estimate of drug-likeness (QED) is 0.640. The number of hydrogen-bond donors (Lipinski definition) is 3. The van der Waals surface area contributed by atoms with Crippen LogP contribution in [0.2, 0.25) is 0 Å². The maximum absolute atomic E-state index is 11.8. The molecule has 0 bridgehead atoms. The maximum Gasteiger partial charge on any atom is 0.319 e. The van der Waals surface area contributed by atoms with Crippen LogP contribution in [-0.4, -0.2) is 45.5 Å². The van der Waals surface area contributed by atoms with E-state index in [1.165, 1.54) is 10.6 Å². The zero-order valence-corrected chi connectivity index (χ0v) is 11.9. The second-order valence-electron chi connectivity index (χ2n) is 6.73. The SMILES string of the molecule is CN1C(=O)N[C@H]2[C@@H]3NC(C)(C)c4cccn4[C@@H]3C[C@]21O. The zero-order chi connectivity index (χ0) is 14.3. The van der Waals surface area contributed by atoms with Crippen molar-refractivity contribution in [1.29, 1.82) is 0 Å². The van der Waals surface area contributed by atoms with E-state index in [2.05, 4.69) is 41.3 Å². The second kappa shape index (κ2) is 3.38. The normalized spacial score (nSPS) is 41.1. The molecule has 4 rings (SSSR count). The minimum Gasteiger partial charge on any atom is -0.369 e. The van der Waals surface area contributed by atoms with Gasteiger partial charge in [0.15, 0.2) is 5.72 Å². The van der Waals surface area contributed by atoms with Crippen molar-refractivity contribution in [3.63, 3.8) is 0 Å². The fourth-order valence-corrected chi connectivity index (χ4v) is 4.18. The molecule has 0 radical (unpaired) electrons. The Labute approximate surface area is 117 Å². The van der Waals surface area contributed by atoms with Gasteiger partial charge in [-0.15, -0.1) is 0 Å². The first kappa shape index (κ1) is 12.2. The van der Waals surface area contributed by atoms with E-state index in [1.807, 2.05) is 6.07 Å². The van der Waals surface area contributed by atoms with E-state index >= 15 is 0 Å². The Morgan fingerprint density at radius 3 is 2.95 bits per heavy atom. The molecule has 2 fully saturated rings. The predicted molar refractivity (Wildman–Crippen MR) is 73.1 cm³/mol. The third-order valence-electron chi connectivity index (χ3n) is 5.25. The van der Waals surface area contributed by atoms with Gasteiger partial charge in [-0.1, -0.05) is 0 Å². The Balaban J connectivity index is 1.82. The molecule has 108 valence electrons. The lowest BCUT2D eigenvalue weighted by Gasteiger charge is -2.42. The van der Waals surface area contributed by atoms with Crippen molar-refractivity contribution in [2.24, 2.45) is 0 Å². The number of aromatic nitrogens is 1. The summed E-state index contributed by atoms with van der Waals surface area (Å²) >= 11 is 0. The number of amides is 2. The molecule has 4 atom stereocenters. The molecule has 1 saturated carbocycles. The number of carbonyl (C=O) groups excluding carboxylic acids is 1. The third kappa shape index (κ3) is 1.24. The van der Waals surface area contributed by atoms with Gasteiger partial charge in [0.2, 0.25) is 0 Å². The molecule has 6 heteroatoms. The molecule has 2 aliphatic heterocycles. The molecule has 3 aliphatic rings. The van der Waals surface area contributed by atoms with E-state index in [4.69, 9.17) is 0 Å². The van der Waals surface area contributed by atoms with Gasteiger partial charge in [0.1, 0.15) is 0 Å². The number of urea groups is 1. The molecule has 3 heterocycles. The van der Waals surface area contributed by atoms with Crippen LogP contribution in [0.25, 0.3) is 0 Å². The topological polar surface area (TPSA) is 69.5 Å². The molecule has 1 saturated heterocycles. The average Bonchev–Trinajstić information content (AvgIpc) is 3.00. The van der Waals surface area contributed by atoms with Crippen molar-refractivity contribution in [2.75, 3.05) is 7.05 Å². The van der Waals surface area contributed by atoms with Crippen molar-refractivity contribution in [3.05, 3.63) is 24.0 Å². The Bertz CT molecular complexity index is 596. The summed E-state index contributed by atoms with van der Waals surface area (Å²) in [5, 5.41) is 17.5. The number of aliphatic hydroxyl groups is 1. The number of hydrogen-bond acceptors (Lipinski definition) is 3. The Morgan fingerprint density at radius 1 is 1.45 bits per heavy atom. The van der Waals surface area contributed by atoms with Crippen molar-refractivity contribution >= 4 is 6.03 Å². The van der Waals surface area contributed by atoms with Crippen LogP contribution in [0.15, 0.2) is 18.3 Å². The third-order valence-corrected chi connectivity index (χ3v) is 5.25. The first-order valence-electron chi connectivity index (χ1n) is 7.06. The van der Waals surface area contributed by atoms with Crippen LogP contribution in [0, 0.1) is 0 Å². The lowest BCUT2D eigenvalue weighted by molar-refractivity contribution is -0.0564. The van der Waals surface area contributed by atoms with Gasteiger partial charge in [-0.3, -0.25) is 10.2 Å². The monoisotopic (exact) mass is 276 g/mol. The van der Waals surface area contributed by atoms with Crippen LogP contribution < -0.4 is 10.6 Å². The van der Waals surface area contributed by atoms with E-state index in [1.54, 1.807) is 7.05 Å². The standard InChI is InChI=1S/C14H20N4O2/c1-13(2)9-5-4-6-18(9)8-7-14(20)11(10(8)16-13)15-12(19)17(14)3/h4-6,8,10-11,16,20H,7H2,1-3H3,(H,15,19)/t8-,10-,11+,14+/m1/s1. The molecule has 0 unspecified atom stereocenters. The van der Waals surface area contributed by atoms with E-state index in [0.29, 0.717) is 6.42 Å². The number of nitrogens with one attached hydrogen (secondary N) is 2. The Morgan fingerprint density at radius 2 is 2.20 bits per heavy atom. The summed E-state index contributed by atoms with van der Waals surface area (Å²) in [6, 6.07) is 3.87. The van der Waals surface area contributed by atoms with Crippen molar-refractivity contribution < 1.29 is 9.90 Å². The smallest absolute Gasteiger partial charge is 0.319 e. The molecular weight excluding hydrogens is 256 g/mol. The van der Waals surface area contributed by atoms with E-state index in [9.17, 15) is 9.90 Å². The second-order valence-corrected chi connectivity index (χ2v) is 6.73. The summed E-state index contributed by atoms with van der Waals surface area (Å²) in [6.07, 6.45) is 2.62. The predicted octanol–water partition coefficient (Wildman–Crippen LogP) is 0.352. The van der Waals surface area contributed by atoms with E-state index < -0.39 is 5.72 Å². The van der Waals surface area contributed by atoms with Gasteiger partial charge < -0.3 is 15.0 Å². The van der Waals surface area contributed by atoms with Gasteiger partial charge in [0.05, 0.1) is 23.7 Å². The largest absolute Gasteiger partial charge is 0.369 e. The van der Waals surface area contributed by atoms with Gasteiger partial charge in [0, 0.05) is 25.4 Å². The van der Waals surface area contributed by atoms with E-state index in [-0.39, 0.29) is 29.7 Å². The molecule has 1 aliphatic carbocycles. The summed E-state index contributed by atoms with van der Waals surface area (Å²) in [6.45, 7) is 4.26. The highest BCUT2D eigenvalue weighted by atomic mass is 16.3. The summed E-state index contributed by atoms with van der Waals surface area (Å²) in [5.41, 5.74) is -0.0697. The molecular formula is C14H20N4O2. The fourth-order valence-electron chi connectivity index (χ4n) is 4.18. The molecule has 1 aromatic heterocycles. The molecule has 2 amide bonds. The number of likely N-dealkylation sites (N-methyl/N-ethyl adjacent to an activating group) is 1. The van der Waals surface area contributed by atoms with Crippen LogP contribution >= 0.6 is 0 Å². The lowest BCUT2D eigenvalue weighted by atomic mass is 9.92. The minimum atomic E-state index is -1.11. The first-order chi connectivity index (χ1) is 9.34. The molecule has 0 aromatic carbocycles. The number of rotatable bonds is 0. The number of fused-ring (bicyclic) bond motifs is 5. The van der Waals surface area contributed by atoms with Crippen LogP contribution in [0.5, 0.6) is 0 Å². The van der Waals surface area contributed by atoms with E-state index in [0.717, 1.165) is 0 Å². The van der Waals surface area contributed by atoms with Gasteiger partial charge >= 0.3 is 6.03 Å². The molecule has 1 aromatic rings. The van der Waals surface area contributed by atoms with Gasteiger partial charge in [0.25, 0.3) is 0 Å². The summed E-state index contributed by atoms with van der Waals surface area (Å²) in [5.74, 6) is 0. The van der Waals surface area contributed by atoms with Gasteiger partial charge in [-0.25, -0.2) is 4.79 Å². The lowest BCUT2D eigenvalue weighted by Crippen LogP contribution is -2.59. The summed E-state index contributed by atoms with van der Waals surface area (Å²) in [7, 11) is 1.66. The van der Waals surface area contributed by atoms with Crippen LogP contribution in [-0.2, 0) is 5.54 Å². The molecule has 20 heavy (non-hydrogen) atoms. The van der Waals surface area contributed by atoms with Crippen molar-refractivity contribution in [2.45, 2.75) is 49.7 Å². The molecule has 0 spiro atoms. The number of carbonyl (C=O) groups is 1. The minimum absolute atomic E-state index is 0.0313. The first-order valence-corrected chi connectivity index (χ1v) is 7.06. The fraction of sp³-hybridized carbons (Fsp3) is 0.643. The van der Waals surface area contributed by atoms with Gasteiger partial charge in [-0.05, 0) is 26.0 Å². The van der Waals surface area contributed by atoms with Crippen molar-refractivity contribution in [3.8, 4) is 0 Å². The average molecular weight is 276 g/mol. The highest BCUT2D eigenvalue weighted by Gasteiger charge is 2.63. The van der Waals surface area contributed by atoms with Crippen LogP contribution in [0.4, 0.5) is 4.79 Å². The highest BCUT2D eigenvalue weighted by Crippen LogP contribution is 2.47. The maximum atomic E-state index is 11.8. The molecule has 6 nitrogen and oxygen atoms in total.